The number of amides is 1. The molecule has 0 bridgehead atoms. The van der Waals surface area contributed by atoms with Crippen molar-refractivity contribution in [1.82, 2.24) is 19.4 Å². The molecule has 2 aliphatic heterocycles. The van der Waals surface area contributed by atoms with Gasteiger partial charge in [0.25, 0.3) is 0 Å². The smallest absolute Gasteiger partial charge is 0.340 e. The quantitative estimate of drug-likeness (QED) is 0.299. The van der Waals surface area contributed by atoms with Crippen molar-refractivity contribution in [3.05, 3.63) is 70.7 Å². The number of pyridine rings is 1. The van der Waals surface area contributed by atoms with Crippen molar-refractivity contribution in [2.45, 2.75) is 52.0 Å². The van der Waals surface area contributed by atoms with E-state index in [0.29, 0.717) is 17.5 Å². The van der Waals surface area contributed by atoms with Crippen LogP contribution in [0.4, 0.5) is 4.39 Å². The van der Waals surface area contributed by atoms with E-state index in [2.05, 4.69) is 20.9 Å². The number of piperidine rings is 1. The first-order valence-corrected chi connectivity index (χ1v) is 14.3. The number of hydrogen-bond donors (Lipinski definition) is 0. The molecule has 1 aromatic carbocycles. The second kappa shape index (κ2) is 11.6. The number of rotatable bonds is 7. The topological polar surface area (TPSA) is 72.0 Å². The molecule has 0 aliphatic carbocycles. The highest BCUT2D eigenvalue weighted by Crippen LogP contribution is 2.33. The molecule has 9 heteroatoms. The maximum absolute atomic E-state index is 14.1. The standard InChI is InChI=1S/C32H38FN5O3/c1-21-16-35-17-28-29(21)24(20-38(28)27-7-6-25(33)15-26(27)30(39)41-5)14-23-8-11-36(19-23)18-22-9-12-37(13-10-22)31(40)32(2,3)34-4/h6-7,15-17,20,22-23H,8-14,18-19H2,1-3,5H3/t23-/m0/s1. The van der Waals surface area contributed by atoms with Gasteiger partial charge in [0.2, 0.25) is 0 Å². The van der Waals surface area contributed by atoms with Gasteiger partial charge in [-0.2, -0.15) is 0 Å². The lowest BCUT2D eigenvalue weighted by atomic mass is 9.94. The molecule has 2 fully saturated rings. The van der Waals surface area contributed by atoms with Crippen molar-refractivity contribution in [2.24, 2.45) is 11.8 Å². The highest BCUT2D eigenvalue weighted by molar-refractivity contribution is 5.95. The molecule has 0 spiro atoms. The first-order chi connectivity index (χ1) is 19.6. The third kappa shape index (κ3) is 5.84. The molecule has 4 heterocycles. The lowest BCUT2D eigenvalue weighted by Crippen LogP contribution is -2.48. The zero-order valence-electron chi connectivity index (χ0n) is 24.3. The number of hydrogen-bond acceptors (Lipinski definition) is 5. The van der Waals surface area contributed by atoms with E-state index in [0.717, 1.165) is 74.9 Å². The first kappa shape index (κ1) is 28.7. The molecule has 216 valence electrons. The number of methoxy groups -OCH3 is 1. The molecule has 2 saturated heterocycles. The highest BCUT2D eigenvalue weighted by Gasteiger charge is 2.39. The lowest BCUT2D eigenvalue weighted by Gasteiger charge is -2.35. The van der Waals surface area contributed by atoms with E-state index in [1.807, 2.05) is 22.6 Å². The van der Waals surface area contributed by atoms with E-state index in [-0.39, 0.29) is 11.5 Å². The third-order valence-corrected chi connectivity index (χ3v) is 8.70. The summed E-state index contributed by atoms with van der Waals surface area (Å²) in [5, 5.41) is 1.12. The minimum atomic E-state index is -0.982. The largest absolute Gasteiger partial charge is 0.465 e. The van der Waals surface area contributed by atoms with Gasteiger partial charge >= 0.3 is 17.4 Å². The second-order valence-electron chi connectivity index (χ2n) is 12.1. The van der Waals surface area contributed by atoms with E-state index >= 15 is 0 Å². The van der Waals surface area contributed by atoms with Gasteiger partial charge in [-0.25, -0.2) is 15.8 Å². The van der Waals surface area contributed by atoms with Crippen LogP contribution < -0.4 is 0 Å². The number of carbonyl (C=O) groups is 2. The van der Waals surface area contributed by atoms with Gasteiger partial charge in [0, 0.05) is 57.8 Å². The fourth-order valence-electron chi connectivity index (χ4n) is 6.46. The zero-order valence-corrected chi connectivity index (χ0v) is 24.3. The summed E-state index contributed by atoms with van der Waals surface area (Å²) in [6.07, 6.45) is 9.68. The molecule has 2 aromatic heterocycles. The summed E-state index contributed by atoms with van der Waals surface area (Å²) in [4.78, 5) is 37.5. The predicted octanol–water partition coefficient (Wildman–Crippen LogP) is 5.06. The number of likely N-dealkylation sites (tertiary alicyclic amines) is 2. The Balaban J connectivity index is 1.28. The van der Waals surface area contributed by atoms with Crippen LogP contribution >= 0.6 is 0 Å². The highest BCUT2D eigenvalue weighted by atomic mass is 19.1. The van der Waals surface area contributed by atoms with Crippen LogP contribution in [0, 0.1) is 31.1 Å². The number of esters is 1. The van der Waals surface area contributed by atoms with E-state index in [1.165, 1.54) is 24.8 Å². The number of aryl methyl sites for hydroxylation is 1. The number of halogens is 1. The molecule has 41 heavy (non-hydrogen) atoms. The van der Waals surface area contributed by atoms with Gasteiger partial charge in [0.15, 0.2) is 0 Å². The SMILES string of the molecule is [C-]#[N+]C(C)(C)C(=O)N1CCC(CN2CC[C@@H](Cc3cn(-c4ccc(F)cc4C(=O)OC)c4cncc(C)c34)C2)CC1. The number of aromatic nitrogens is 2. The molecule has 1 amide bonds. The van der Waals surface area contributed by atoms with Crippen LogP contribution in [0.2, 0.25) is 0 Å². The van der Waals surface area contributed by atoms with Gasteiger partial charge in [0.1, 0.15) is 5.82 Å². The summed E-state index contributed by atoms with van der Waals surface area (Å²) in [6.45, 7) is 17.3. The van der Waals surface area contributed by atoms with Crippen molar-refractivity contribution in [1.29, 1.82) is 0 Å². The van der Waals surface area contributed by atoms with Gasteiger partial charge in [-0.05, 0) is 80.3 Å². The monoisotopic (exact) mass is 559 g/mol. The molecule has 0 unspecified atom stereocenters. The van der Waals surface area contributed by atoms with Crippen LogP contribution in [0.25, 0.3) is 21.4 Å². The van der Waals surface area contributed by atoms with Gasteiger partial charge in [-0.15, -0.1) is 0 Å². The van der Waals surface area contributed by atoms with Crippen LogP contribution in [0.5, 0.6) is 0 Å². The fourth-order valence-corrected chi connectivity index (χ4v) is 6.46. The van der Waals surface area contributed by atoms with Crippen molar-refractivity contribution in [3.8, 4) is 5.69 Å². The van der Waals surface area contributed by atoms with E-state index in [4.69, 9.17) is 11.3 Å². The first-order valence-electron chi connectivity index (χ1n) is 14.3. The molecule has 0 N–H and O–H groups in total. The minimum absolute atomic E-state index is 0.0591. The third-order valence-electron chi connectivity index (χ3n) is 8.70. The Hall–Kier alpha value is -3.77. The van der Waals surface area contributed by atoms with Crippen molar-refractivity contribution >= 4 is 22.8 Å². The fraction of sp³-hybridized carbons (Fsp3) is 0.500. The lowest BCUT2D eigenvalue weighted by molar-refractivity contribution is -0.135. The number of ether oxygens (including phenoxy) is 1. The molecule has 0 saturated carbocycles. The van der Waals surface area contributed by atoms with Crippen molar-refractivity contribution < 1.29 is 18.7 Å². The van der Waals surface area contributed by atoms with Gasteiger partial charge in [0.05, 0.1) is 30.1 Å². The average molecular weight is 560 g/mol. The Bertz CT molecular complexity index is 1500. The van der Waals surface area contributed by atoms with Gasteiger partial charge in [-0.1, -0.05) is 0 Å². The van der Waals surface area contributed by atoms with E-state index in [9.17, 15) is 14.0 Å². The molecular weight excluding hydrogens is 521 g/mol. The zero-order chi connectivity index (χ0) is 29.3. The predicted molar refractivity (Wildman–Crippen MR) is 155 cm³/mol. The van der Waals surface area contributed by atoms with Crippen LogP contribution in [0.1, 0.15) is 54.6 Å². The Kier molecular flexibility index (Phi) is 8.14. The van der Waals surface area contributed by atoms with Gasteiger partial charge < -0.3 is 23.9 Å². The molecule has 8 nitrogen and oxygen atoms in total. The molecule has 5 rings (SSSR count). The van der Waals surface area contributed by atoms with Gasteiger partial charge in [-0.3, -0.25) is 9.78 Å². The minimum Gasteiger partial charge on any atom is -0.465 e. The summed E-state index contributed by atoms with van der Waals surface area (Å²) in [5.74, 6) is -0.0811. The Labute approximate surface area is 240 Å². The van der Waals surface area contributed by atoms with E-state index in [1.54, 1.807) is 26.1 Å². The average Bonchev–Trinajstić information content (AvgIpc) is 3.57. The van der Waals surface area contributed by atoms with Crippen LogP contribution in [-0.4, -0.2) is 76.6 Å². The number of carbonyl (C=O) groups excluding carboxylic acids is 2. The molecule has 2 aliphatic rings. The van der Waals surface area contributed by atoms with Crippen molar-refractivity contribution in [2.75, 3.05) is 39.8 Å². The summed E-state index contributed by atoms with van der Waals surface area (Å²) < 4.78 is 21.0. The Morgan fingerprint density at radius 2 is 1.88 bits per heavy atom. The Morgan fingerprint density at radius 3 is 2.59 bits per heavy atom. The number of benzene rings is 1. The normalized spacial score (nSPS) is 18.5. The summed E-state index contributed by atoms with van der Waals surface area (Å²) in [7, 11) is 1.30. The second-order valence-corrected chi connectivity index (χ2v) is 12.1. The summed E-state index contributed by atoms with van der Waals surface area (Å²) >= 11 is 0. The number of fused-ring (bicyclic) bond motifs is 1. The maximum atomic E-state index is 14.1. The number of nitrogens with zero attached hydrogens (tertiary/aromatic N) is 5. The van der Waals surface area contributed by atoms with E-state index < -0.39 is 17.3 Å². The Morgan fingerprint density at radius 1 is 1.15 bits per heavy atom. The summed E-state index contributed by atoms with van der Waals surface area (Å²) in [5.41, 5.74) is 2.91. The molecular formula is C32H38FN5O3. The van der Waals surface area contributed by atoms with Crippen LogP contribution in [-0.2, 0) is 16.0 Å². The van der Waals surface area contributed by atoms with Crippen LogP contribution in [0.15, 0.2) is 36.8 Å². The molecule has 0 radical (unpaired) electrons. The maximum Gasteiger partial charge on any atom is 0.340 e. The summed E-state index contributed by atoms with van der Waals surface area (Å²) in [6, 6.07) is 4.19. The van der Waals surface area contributed by atoms with Crippen molar-refractivity contribution in [3.63, 3.8) is 0 Å². The molecule has 1 atom stereocenters. The molecule has 3 aromatic rings. The van der Waals surface area contributed by atoms with Crippen LogP contribution in [0.3, 0.4) is 0 Å².